The van der Waals surface area contributed by atoms with Crippen molar-refractivity contribution in [3.63, 3.8) is 0 Å². The Morgan fingerprint density at radius 3 is 2.45 bits per heavy atom. The first kappa shape index (κ1) is 8.62. The molecule has 1 saturated carbocycles. The standard InChI is InChI=1S/C10H17N/c1-3-9(11)10(4-2)7-5-6-8-10/h1,9H,4-8,11H2,2H3. The molecule has 0 radical (unpaired) electrons. The van der Waals surface area contributed by atoms with Gasteiger partial charge in [0.25, 0.3) is 0 Å². The average Bonchev–Trinajstić information content (AvgIpc) is 2.52. The van der Waals surface area contributed by atoms with Crippen molar-refractivity contribution >= 4 is 0 Å². The van der Waals surface area contributed by atoms with Crippen molar-refractivity contribution in [3.8, 4) is 12.3 Å². The predicted molar refractivity (Wildman–Crippen MR) is 48.0 cm³/mol. The third-order valence-corrected chi connectivity index (χ3v) is 3.14. The van der Waals surface area contributed by atoms with Gasteiger partial charge in [0.2, 0.25) is 0 Å². The van der Waals surface area contributed by atoms with Gasteiger partial charge in [-0.05, 0) is 24.7 Å². The van der Waals surface area contributed by atoms with Crippen molar-refractivity contribution in [2.75, 3.05) is 0 Å². The minimum Gasteiger partial charge on any atom is -0.317 e. The predicted octanol–water partition coefficient (Wildman–Crippen LogP) is 1.92. The highest BCUT2D eigenvalue weighted by Gasteiger charge is 2.36. The van der Waals surface area contributed by atoms with Crippen molar-refractivity contribution in [1.82, 2.24) is 0 Å². The Bertz CT molecular complexity index is 160. The van der Waals surface area contributed by atoms with Gasteiger partial charge in [0.15, 0.2) is 0 Å². The molecule has 11 heavy (non-hydrogen) atoms. The average molecular weight is 151 g/mol. The summed E-state index contributed by atoms with van der Waals surface area (Å²) in [5.74, 6) is 2.68. The molecule has 1 rings (SSSR count). The highest BCUT2D eigenvalue weighted by atomic mass is 14.7. The molecule has 62 valence electrons. The van der Waals surface area contributed by atoms with Gasteiger partial charge in [0.05, 0.1) is 6.04 Å². The fourth-order valence-electron chi connectivity index (χ4n) is 2.14. The molecule has 0 aromatic rings. The summed E-state index contributed by atoms with van der Waals surface area (Å²) in [6.07, 6.45) is 11.6. The summed E-state index contributed by atoms with van der Waals surface area (Å²) in [7, 11) is 0. The monoisotopic (exact) mass is 151 g/mol. The molecule has 0 heterocycles. The summed E-state index contributed by atoms with van der Waals surface area (Å²) >= 11 is 0. The molecule has 1 atom stereocenters. The van der Waals surface area contributed by atoms with Crippen molar-refractivity contribution < 1.29 is 0 Å². The Morgan fingerprint density at radius 2 is 2.09 bits per heavy atom. The summed E-state index contributed by atoms with van der Waals surface area (Å²) in [4.78, 5) is 0. The van der Waals surface area contributed by atoms with E-state index < -0.39 is 0 Å². The van der Waals surface area contributed by atoms with Crippen LogP contribution in [0.3, 0.4) is 0 Å². The first-order valence-electron chi connectivity index (χ1n) is 4.47. The lowest BCUT2D eigenvalue weighted by Crippen LogP contribution is -2.38. The van der Waals surface area contributed by atoms with Gasteiger partial charge in [-0.25, -0.2) is 0 Å². The maximum atomic E-state index is 5.89. The largest absolute Gasteiger partial charge is 0.317 e. The second-order valence-electron chi connectivity index (χ2n) is 3.57. The van der Waals surface area contributed by atoms with E-state index in [9.17, 15) is 0 Å². The highest BCUT2D eigenvalue weighted by Crippen LogP contribution is 2.42. The molecule has 0 spiro atoms. The first-order valence-corrected chi connectivity index (χ1v) is 4.47. The number of rotatable bonds is 2. The van der Waals surface area contributed by atoms with Crippen LogP contribution in [0, 0.1) is 17.8 Å². The molecule has 1 heteroatoms. The zero-order valence-corrected chi connectivity index (χ0v) is 7.27. The Balaban J connectivity index is 2.68. The molecule has 2 N–H and O–H groups in total. The van der Waals surface area contributed by atoms with E-state index in [2.05, 4.69) is 12.8 Å². The van der Waals surface area contributed by atoms with E-state index in [0.29, 0.717) is 0 Å². The Morgan fingerprint density at radius 1 is 1.55 bits per heavy atom. The maximum absolute atomic E-state index is 5.89. The van der Waals surface area contributed by atoms with Gasteiger partial charge in [-0.15, -0.1) is 6.42 Å². The molecule has 1 nitrogen and oxygen atoms in total. The van der Waals surface area contributed by atoms with Crippen LogP contribution < -0.4 is 5.73 Å². The Kier molecular flexibility index (Phi) is 2.57. The SMILES string of the molecule is C#CC(N)C1(CC)CCCC1. The van der Waals surface area contributed by atoms with Crippen molar-refractivity contribution in [3.05, 3.63) is 0 Å². The molecule has 0 saturated heterocycles. The molecule has 0 aliphatic heterocycles. The molecular weight excluding hydrogens is 134 g/mol. The maximum Gasteiger partial charge on any atom is 0.0718 e. The van der Waals surface area contributed by atoms with Gasteiger partial charge in [-0.1, -0.05) is 25.7 Å². The number of hydrogen-bond acceptors (Lipinski definition) is 1. The van der Waals surface area contributed by atoms with Gasteiger partial charge >= 0.3 is 0 Å². The van der Waals surface area contributed by atoms with Crippen LogP contribution in [0.4, 0.5) is 0 Å². The highest BCUT2D eigenvalue weighted by molar-refractivity contribution is 5.08. The topological polar surface area (TPSA) is 26.0 Å². The third-order valence-electron chi connectivity index (χ3n) is 3.14. The zero-order valence-electron chi connectivity index (χ0n) is 7.27. The first-order chi connectivity index (χ1) is 5.25. The minimum absolute atomic E-state index is 0.0185. The van der Waals surface area contributed by atoms with Crippen LogP contribution in [0.1, 0.15) is 39.0 Å². The molecule has 0 aromatic heterocycles. The molecule has 0 bridgehead atoms. The quantitative estimate of drug-likeness (QED) is 0.599. The van der Waals surface area contributed by atoms with Crippen LogP contribution in [0.15, 0.2) is 0 Å². The van der Waals surface area contributed by atoms with Crippen LogP contribution in [0.25, 0.3) is 0 Å². The van der Waals surface area contributed by atoms with Gasteiger partial charge in [-0.2, -0.15) is 0 Å². The smallest absolute Gasteiger partial charge is 0.0718 e. The summed E-state index contributed by atoms with van der Waals surface area (Å²) < 4.78 is 0. The summed E-state index contributed by atoms with van der Waals surface area (Å²) in [6.45, 7) is 2.20. The normalized spacial score (nSPS) is 24.5. The van der Waals surface area contributed by atoms with Crippen LogP contribution in [0.2, 0.25) is 0 Å². The van der Waals surface area contributed by atoms with E-state index in [1.165, 1.54) is 25.7 Å². The Labute approximate surface area is 69.4 Å². The van der Waals surface area contributed by atoms with Crippen LogP contribution in [0.5, 0.6) is 0 Å². The van der Waals surface area contributed by atoms with E-state index in [0.717, 1.165) is 6.42 Å². The molecule has 1 fully saturated rings. The summed E-state index contributed by atoms with van der Waals surface area (Å²) in [5, 5.41) is 0. The van der Waals surface area contributed by atoms with Crippen LogP contribution in [-0.4, -0.2) is 6.04 Å². The third kappa shape index (κ3) is 1.41. The minimum atomic E-state index is -0.0185. The fraction of sp³-hybridized carbons (Fsp3) is 0.800. The lowest BCUT2D eigenvalue weighted by molar-refractivity contribution is 0.257. The molecule has 0 aromatic carbocycles. The van der Waals surface area contributed by atoms with E-state index in [1.807, 2.05) is 0 Å². The van der Waals surface area contributed by atoms with E-state index in [1.54, 1.807) is 0 Å². The zero-order chi connectivity index (χ0) is 8.32. The second kappa shape index (κ2) is 3.28. The molecule has 1 unspecified atom stereocenters. The van der Waals surface area contributed by atoms with Crippen LogP contribution >= 0.6 is 0 Å². The fourth-order valence-corrected chi connectivity index (χ4v) is 2.14. The lowest BCUT2D eigenvalue weighted by Gasteiger charge is -2.30. The number of nitrogens with two attached hydrogens (primary N) is 1. The van der Waals surface area contributed by atoms with E-state index in [-0.39, 0.29) is 11.5 Å². The molecule has 1 aliphatic rings. The van der Waals surface area contributed by atoms with Crippen molar-refractivity contribution in [2.24, 2.45) is 11.1 Å². The summed E-state index contributed by atoms with van der Waals surface area (Å²) in [5.41, 5.74) is 6.17. The number of hydrogen-bond donors (Lipinski definition) is 1. The van der Waals surface area contributed by atoms with Crippen molar-refractivity contribution in [2.45, 2.75) is 45.1 Å². The number of terminal acetylenes is 1. The van der Waals surface area contributed by atoms with Crippen LogP contribution in [-0.2, 0) is 0 Å². The van der Waals surface area contributed by atoms with Gasteiger partial charge in [0, 0.05) is 0 Å². The summed E-state index contributed by atoms with van der Waals surface area (Å²) in [6, 6.07) is -0.0185. The molecule has 0 amide bonds. The van der Waals surface area contributed by atoms with Crippen molar-refractivity contribution in [1.29, 1.82) is 0 Å². The van der Waals surface area contributed by atoms with Gasteiger partial charge in [-0.3, -0.25) is 0 Å². The Hall–Kier alpha value is -0.480. The van der Waals surface area contributed by atoms with Gasteiger partial charge in [0.1, 0.15) is 0 Å². The van der Waals surface area contributed by atoms with E-state index >= 15 is 0 Å². The molecule has 1 aliphatic carbocycles. The second-order valence-corrected chi connectivity index (χ2v) is 3.57. The van der Waals surface area contributed by atoms with Gasteiger partial charge < -0.3 is 5.73 Å². The lowest BCUT2D eigenvalue weighted by atomic mass is 9.77. The van der Waals surface area contributed by atoms with E-state index in [4.69, 9.17) is 12.2 Å². The molecular formula is C10H17N.